The Bertz CT molecular complexity index is 1120. The van der Waals surface area contributed by atoms with E-state index in [-0.39, 0.29) is 23.9 Å². The largest absolute Gasteiger partial charge is 0.347 e. The van der Waals surface area contributed by atoms with Crippen molar-refractivity contribution in [2.24, 2.45) is 0 Å². The highest BCUT2D eigenvalue weighted by atomic mass is 32.2. The second-order valence-electron chi connectivity index (χ2n) is 7.44. The Morgan fingerprint density at radius 3 is 2.45 bits per heavy atom. The fourth-order valence-electron chi connectivity index (χ4n) is 3.40. The van der Waals surface area contributed by atoms with E-state index in [1.165, 1.54) is 15.6 Å². The van der Waals surface area contributed by atoms with Crippen molar-refractivity contribution in [3.05, 3.63) is 51.7 Å². The Balaban J connectivity index is 1.64. The lowest BCUT2D eigenvalue weighted by Crippen LogP contribution is -2.36. The number of sulfonamides is 2. The molecule has 11 heteroatoms. The lowest BCUT2D eigenvalue weighted by atomic mass is 10.2. The summed E-state index contributed by atoms with van der Waals surface area (Å²) in [5, 5.41) is 2.80. The van der Waals surface area contributed by atoms with Crippen LogP contribution >= 0.6 is 11.3 Å². The predicted octanol–water partition coefficient (Wildman–Crippen LogP) is 1.94. The Hall–Kier alpha value is -1.79. The maximum atomic E-state index is 13.1. The number of rotatable bonds is 9. The topological polar surface area (TPSA) is 113 Å². The van der Waals surface area contributed by atoms with Crippen LogP contribution in [0, 0.1) is 0 Å². The van der Waals surface area contributed by atoms with Gasteiger partial charge in [0.2, 0.25) is 20.0 Å². The summed E-state index contributed by atoms with van der Waals surface area (Å²) in [7, 11) is -6.84. The van der Waals surface area contributed by atoms with Gasteiger partial charge in [0.15, 0.2) is 0 Å². The molecule has 0 saturated carbocycles. The van der Waals surface area contributed by atoms with Crippen LogP contribution in [0.3, 0.4) is 0 Å². The monoisotopic (exact) mass is 485 g/mol. The first-order valence-corrected chi connectivity index (χ1v) is 14.2. The number of hydrogen-bond acceptors (Lipinski definition) is 6. The molecule has 1 aliphatic heterocycles. The van der Waals surface area contributed by atoms with E-state index in [0.717, 1.165) is 30.4 Å². The van der Waals surface area contributed by atoms with Gasteiger partial charge in [0.05, 0.1) is 16.0 Å². The first kappa shape index (κ1) is 23.9. The maximum absolute atomic E-state index is 13.1. The molecular weight excluding hydrogens is 458 g/mol. The third-order valence-electron chi connectivity index (χ3n) is 4.97. The van der Waals surface area contributed by atoms with Crippen molar-refractivity contribution in [3.63, 3.8) is 0 Å². The molecule has 2 heterocycles. The van der Waals surface area contributed by atoms with E-state index in [9.17, 15) is 21.6 Å². The predicted molar refractivity (Wildman–Crippen MR) is 121 cm³/mol. The summed E-state index contributed by atoms with van der Waals surface area (Å²) in [5.41, 5.74) is 0.551. The standard InChI is InChI=1S/C20H27N3O5S3/c1-30(25,26)22-12-11-17-9-10-18(29-17)20(24)21-15-16-7-3-4-8-19(16)31(27,28)23-13-5-2-6-14-23/h3-4,7-10,22H,2,5-6,11-15H2,1H3,(H,21,24). The number of carbonyl (C=O) groups is 1. The van der Waals surface area contributed by atoms with Crippen LogP contribution in [-0.2, 0) is 33.0 Å². The molecule has 0 bridgehead atoms. The van der Waals surface area contributed by atoms with E-state index in [2.05, 4.69) is 10.0 Å². The maximum Gasteiger partial charge on any atom is 0.261 e. The molecule has 1 aromatic heterocycles. The normalized spacial score (nSPS) is 15.6. The van der Waals surface area contributed by atoms with Gasteiger partial charge in [0, 0.05) is 31.1 Å². The molecule has 31 heavy (non-hydrogen) atoms. The molecular formula is C20H27N3O5S3. The van der Waals surface area contributed by atoms with Crippen LogP contribution in [0.1, 0.15) is 39.4 Å². The molecule has 1 saturated heterocycles. The highest BCUT2D eigenvalue weighted by Crippen LogP contribution is 2.24. The first-order valence-electron chi connectivity index (χ1n) is 10.1. The molecule has 1 amide bonds. The minimum Gasteiger partial charge on any atom is -0.347 e. The summed E-state index contributed by atoms with van der Waals surface area (Å²) in [6.45, 7) is 1.41. The van der Waals surface area contributed by atoms with Crippen LogP contribution in [0.15, 0.2) is 41.3 Å². The number of hydrogen-bond donors (Lipinski definition) is 2. The lowest BCUT2D eigenvalue weighted by molar-refractivity contribution is 0.0954. The second kappa shape index (κ2) is 10.2. The summed E-state index contributed by atoms with van der Waals surface area (Å²) in [4.78, 5) is 14.2. The highest BCUT2D eigenvalue weighted by molar-refractivity contribution is 7.89. The Labute approximate surface area is 187 Å². The van der Waals surface area contributed by atoms with Crippen LogP contribution in [0.25, 0.3) is 0 Å². The SMILES string of the molecule is CS(=O)(=O)NCCc1ccc(C(=O)NCc2ccccc2S(=O)(=O)N2CCCCC2)s1. The quantitative estimate of drug-likeness (QED) is 0.564. The minimum atomic E-state index is -3.59. The fourth-order valence-corrected chi connectivity index (χ4v) is 6.54. The third kappa shape index (κ3) is 6.59. The summed E-state index contributed by atoms with van der Waals surface area (Å²) in [5.74, 6) is -0.294. The van der Waals surface area contributed by atoms with Gasteiger partial charge in [-0.05, 0) is 43.0 Å². The second-order valence-corrected chi connectivity index (χ2v) is 12.3. The van der Waals surface area contributed by atoms with Crippen LogP contribution in [0.5, 0.6) is 0 Å². The third-order valence-corrected chi connectivity index (χ3v) is 8.84. The van der Waals surface area contributed by atoms with Gasteiger partial charge >= 0.3 is 0 Å². The van der Waals surface area contributed by atoms with Gasteiger partial charge < -0.3 is 5.32 Å². The zero-order chi connectivity index (χ0) is 22.5. The van der Waals surface area contributed by atoms with Gasteiger partial charge in [-0.1, -0.05) is 24.6 Å². The van der Waals surface area contributed by atoms with Gasteiger partial charge in [0.25, 0.3) is 5.91 Å². The molecule has 0 spiro atoms. The molecule has 8 nitrogen and oxygen atoms in total. The molecule has 1 fully saturated rings. The molecule has 2 N–H and O–H groups in total. The molecule has 3 rings (SSSR count). The Morgan fingerprint density at radius 1 is 1.03 bits per heavy atom. The molecule has 0 aliphatic carbocycles. The number of carbonyl (C=O) groups excluding carboxylic acids is 1. The lowest BCUT2D eigenvalue weighted by Gasteiger charge is -2.26. The summed E-state index contributed by atoms with van der Waals surface area (Å²) in [6.07, 6.45) is 4.35. The van der Waals surface area contributed by atoms with Gasteiger partial charge in [-0.15, -0.1) is 11.3 Å². The van der Waals surface area contributed by atoms with Crippen molar-refractivity contribution >= 4 is 37.3 Å². The van der Waals surface area contributed by atoms with Gasteiger partial charge in [0.1, 0.15) is 0 Å². The van der Waals surface area contributed by atoms with E-state index in [4.69, 9.17) is 0 Å². The zero-order valence-electron chi connectivity index (χ0n) is 17.3. The van der Waals surface area contributed by atoms with E-state index in [1.807, 2.05) is 0 Å². The number of nitrogens with one attached hydrogen (secondary N) is 2. The Kier molecular flexibility index (Phi) is 7.87. The number of piperidine rings is 1. The molecule has 0 unspecified atom stereocenters. The van der Waals surface area contributed by atoms with Crippen LogP contribution in [0.2, 0.25) is 0 Å². The molecule has 0 radical (unpaired) electrons. The van der Waals surface area contributed by atoms with E-state index in [0.29, 0.717) is 30.0 Å². The van der Waals surface area contributed by atoms with Crippen molar-refractivity contribution in [1.29, 1.82) is 0 Å². The molecule has 2 aromatic rings. The molecule has 1 aliphatic rings. The highest BCUT2D eigenvalue weighted by Gasteiger charge is 2.28. The van der Waals surface area contributed by atoms with Gasteiger partial charge in [-0.25, -0.2) is 21.6 Å². The number of benzene rings is 1. The molecule has 170 valence electrons. The molecule has 1 aromatic carbocycles. The fraction of sp³-hybridized carbons (Fsp3) is 0.450. The number of nitrogens with zero attached hydrogens (tertiary/aromatic N) is 1. The van der Waals surface area contributed by atoms with Crippen molar-refractivity contribution in [2.75, 3.05) is 25.9 Å². The van der Waals surface area contributed by atoms with E-state index in [1.54, 1.807) is 36.4 Å². The first-order chi connectivity index (χ1) is 14.7. The zero-order valence-corrected chi connectivity index (χ0v) is 19.8. The van der Waals surface area contributed by atoms with E-state index >= 15 is 0 Å². The Morgan fingerprint density at radius 2 is 1.74 bits per heavy atom. The van der Waals surface area contributed by atoms with Gasteiger partial charge in [-0.3, -0.25) is 4.79 Å². The summed E-state index contributed by atoms with van der Waals surface area (Å²) in [6, 6.07) is 10.2. The van der Waals surface area contributed by atoms with Crippen LogP contribution in [0.4, 0.5) is 0 Å². The van der Waals surface area contributed by atoms with Crippen molar-refractivity contribution in [1.82, 2.24) is 14.3 Å². The van der Waals surface area contributed by atoms with Crippen molar-refractivity contribution in [3.8, 4) is 0 Å². The summed E-state index contributed by atoms with van der Waals surface area (Å²) >= 11 is 1.29. The minimum absolute atomic E-state index is 0.102. The number of amides is 1. The number of thiophene rings is 1. The summed E-state index contributed by atoms with van der Waals surface area (Å²) < 4.78 is 52.3. The van der Waals surface area contributed by atoms with Crippen molar-refractivity contribution in [2.45, 2.75) is 37.1 Å². The van der Waals surface area contributed by atoms with Gasteiger partial charge in [-0.2, -0.15) is 4.31 Å². The smallest absolute Gasteiger partial charge is 0.261 e. The average Bonchev–Trinajstić information content (AvgIpc) is 3.21. The average molecular weight is 486 g/mol. The van der Waals surface area contributed by atoms with Crippen LogP contribution in [-0.4, -0.2) is 52.9 Å². The molecule has 0 atom stereocenters. The van der Waals surface area contributed by atoms with Crippen LogP contribution < -0.4 is 10.0 Å². The van der Waals surface area contributed by atoms with E-state index < -0.39 is 20.0 Å². The van der Waals surface area contributed by atoms with Crippen molar-refractivity contribution < 1.29 is 21.6 Å².